The Morgan fingerprint density at radius 1 is 1.10 bits per heavy atom. The Morgan fingerprint density at radius 3 is 2.17 bits per heavy atom. The second-order valence-electron chi connectivity index (χ2n) is 7.79. The summed E-state index contributed by atoms with van der Waals surface area (Å²) in [6, 6.07) is 8.99. The number of hydrogen-bond acceptors (Lipinski definition) is 5. The van der Waals surface area contributed by atoms with Crippen molar-refractivity contribution >= 4 is 27.8 Å². The number of aryl methyl sites for hydroxylation is 2. The van der Waals surface area contributed by atoms with Crippen molar-refractivity contribution in [3.8, 4) is 16.9 Å². The monoisotopic (exact) mass is 435 g/mol. The lowest BCUT2D eigenvalue weighted by Gasteiger charge is -2.42. The molecule has 0 radical (unpaired) electrons. The van der Waals surface area contributed by atoms with E-state index in [-0.39, 0.29) is 17.2 Å². The molecule has 2 aromatic carbocycles. The van der Waals surface area contributed by atoms with Gasteiger partial charge in [0.15, 0.2) is 0 Å². The maximum Gasteiger partial charge on any atom is 0.323 e. The Kier molecular flexibility index (Phi) is 5.73. The predicted molar refractivity (Wildman–Crippen MR) is 115 cm³/mol. The highest BCUT2D eigenvalue weighted by Gasteiger charge is 2.48. The number of phenolic OH excluding ortho intramolecular Hbond substituents is 1. The van der Waals surface area contributed by atoms with Crippen molar-refractivity contribution < 1.29 is 23.4 Å². The smallest absolute Gasteiger partial charge is 0.323 e. The molecule has 0 spiro atoms. The van der Waals surface area contributed by atoms with E-state index in [0.717, 1.165) is 26.6 Å². The Hall–Kier alpha value is -2.03. The van der Waals surface area contributed by atoms with Gasteiger partial charge in [0.05, 0.1) is 4.90 Å². The number of carbonyl (C=O) groups is 1. The van der Waals surface area contributed by atoms with Crippen LogP contribution in [0.15, 0.2) is 41.3 Å². The zero-order chi connectivity index (χ0) is 21.6. The first-order valence-electron chi connectivity index (χ1n) is 9.24. The van der Waals surface area contributed by atoms with Crippen molar-refractivity contribution in [2.24, 2.45) is 0 Å². The largest absolute Gasteiger partial charge is 0.507 e. The minimum atomic E-state index is -3.95. The third-order valence-electron chi connectivity index (χ3n) is 5.25. The molecule has 1 aliphatic heterocycles. The lowest BCUT2D eigenvalue weighted by Crippen LogP contribution is -2.58. The summed E-state index contributed by atoms with van der Waals surface area (Å²) < 4.78 is 26.8. The molecule has 6 nitrogen and oxygen atoms in total. The Morgan fingerprint density at radius 2 is 1.66 bits per heavy atom. The van der Waals surface area contributed by atoms with E-state index in [2.05, 4.69) is 0 Å². The fraction of sp³-hybridized carbons (Fsp3) is 0.381. The van der Waals surface area contributed by atoms with Crippen LogP contribution in [0.5, 0.6) is 5.75 Å². The molecule has 3 rings (SSSR count). The quantitative estimate of drug-likeness (QED) is 0.761. The van der Waals surface area contributed by atoms with Crippen LogP contribution in [0.3, 0.4) is 0 Å². The van der Waals surface area contributed by atoms with E-state index in [1.165, 1.54) is 23.9 Å². The average Bonchev–Trinajstić information content (AvgIpc) is 2.64. The van der Waals surface area contributed by atoms with Crippen molar-refractivity contribution in [3.63, 3.8) is 0 Å². The first-order valence-corrected chi connectivity index (χ1v) is 11.7. The van der Waals surface area contributed by atoms with Gasteiger partial charge in [0.1, 0.15) is 11.8 Å². The minimum absolute atomic E-state index is 0.0717. The van der Waals surface area contributed by atoms with Gasteiger partial charge >= 0.3 is 5.97 Å². The number of thioether (sulfide) groups is 1. The minimum Gasteiger partial charge on any atom is -0.507 e. The van der Waals surface area contributed by atoms with Crippen LogP contribution in [0, 0.1) is 13.8 Å². The highest BCUT2D eigenvalue weighted by atomic mass is 32.2. The molecule has 0 unspecified atom stereocenters. The molecule has 0 aliphatic carbocycles. The predicted octanol–water partition coefficient (Wildman–Crippen LogP) is 3.65. The maximum absolute atomic E-state index is 13.2. The molecule has 1 atom stereocenters. The molecule has 0 amide bonds. The number of nitrogens with zero attached hydrogens (tertiary/aromatic N) is 1. The molecule has 0 aromatic heterocycles. The number of carboxylic acid groups (broad SMARTS) is 1. The molecule has 2 N–H and O–H groups in total. The third kappa shape index (κ3) is 4.01. The zero-order valence-electron chi connectivity index (χ0n) is 16.8. The van der Waals surface area contributed by atoms with Crippen LogP contribution in [-0.2, 0) is 14.8 Å². The van der Waals surface area contributed by atoms with E-state index >= 15 is 0 Å². The second kappa shape index (κ2) is 7.66. The van der Waals surface area contributed by atoms with Crippen molar-refractivity contribution in [2.45, 2.75) is 43.4 Å². The molecule has 1 aliphatic rings. The van der Waals surface area contributed by atoms with Crippen LogP contribution < -0.4 is 0 Å². The van der Waals surface area contributed by atoms with E-state index in [0.29, 0.717) is 5.75 Å². The number of aliphatic carboxylic acids is 1. The van der Waals surface area contributed by atoms with Gasteiger partial charge in [-0.05, 0) is 74.2 Å². The van der Waals surface area contributed by atoms with Gasteiger partial charge in [-0.2, -0.15) is 16.1 Å². The van der Waals surface area contributed by atoms with Crippen LogP contribution in [0.4, 0.5) is 0 Å². The van der Waals surface area contributed by atoms with Crippen LogP contribution in [0.1, 0.15) is 25.0 Å². The molecule has 8 heteroatoms. The number of phenols is 1. The van der Waals surface area contributed by atoms with E-state index in [4.69, 9.17) is 0 Å². The molecule has 0 bridgehead atoms. The van der Waals surface area contributed by atoms with Gasteiger partial charge in [0, 0.05) is 17.0 Å². The topological polar surface area (TPSA) is 94.9 Å². The Labute approximate surface area is 175 Å². The molecule has 1 fully saturated rings. The number of hydrogen-bond donors (Lipinski definition) is 2. The van der Waals surface area contributed by atoms with E-state index < -0.39 is 26.8 Å². The summed E-state index contributed by atoms with van der Waals surface area (Å²) in [6.07, 6.45) is 0. The summed E-state index contributed by atoms with van der Waals surface area (Å²) in [5.74, 6) is -0.351. The van der Waals surface area contributed by atoms with Gasteiger partial charge in [-0.15, -0.1) is 0 Å². The molecular weight excluding hydrogens is 410 g/mol. The highest BCUT2D eigenvalue weighted by Crippen LogP contribution is 2.38. The van der Waals surface area contributed by atoms with Gasteiger partial charge in [-0.3, -0.25) is 4.79 Å². The molecule has 29 heavy (non-hydrogen) atoms. The molecule has 156 valence electrons. The number of benzene rings is 2. The van der Waals surface area contributed by atoms with E-state index in [1.54, 1.807) is 26.0 Å². The Bertz CT molecular complexity index is 1020. The van der Waals surface area contributed by atoms with Gasteiger partial charge in [-0.25, -0.2) is 8.42 Å². The average molecular weight is 436 g/mol. The molecule has 2 aromatic rings. The van der Waals surface area contributed by atoms with Crippen molar-refractivity contribution in [1.82, 2.24) is 4.31 Å². The fourth-order valence-corrected chi connectivity index (χ4v) is 6.81. The normalized spacial score (nSPS) is 19.8. The number of sulfonamides is 1. The summed E-state index contributed by atoms with van der Waals surface area (Å²) in [4.78, 5) is 11.9. The third-order valence-corrected chi connectivity index (χ3v) is 8.48. The van der Waals surface area contributed by atoms with Crippen LogP contribution >= 0.6 is 11.8 Å². The highest BCUT2D eigenvalue weighted by molar-refractivity contribution is 8.00. The molecular formula is C21H25NO5S2. The Balaban J connectivity index is 1.97. The zero-order valence-corrected chi connectivity index (χ0v) is 18.5. The van der Waals surface area contributed by atoms with Crippen molar-refractivity contribution in [3.05, 3.63) is 47.5 Å². The molecule has 0 saturated carbocycles. The van der Waals surface area contributed by atoms with Gasteiger partial charge in [0.2, 0.25) is 10.0 Å². The van der Waals surface area contributed by atoms with E-state index in [1.807, 2.05) is 26.0 Å². The van der Waals surface area contributed by atoms with E-state index in [9.17, 15) is 23.4 Å². The van der Waals surface area contributed by atoms with Crippen molar-refractivity contribution in [1.29, 1.82) is 0 Å². The lowest BCUT2D eigenvalue weighted by atomic mass is 10.00. The summed E-state index contributed by atoms with van der Waals surface area (Å²) in [5.41, 5.74) is 3.18. The first-order chi connectivity index (χ1) is 13.4. The van der Waals surface area contributed by atoms with Crippen LogP contribution in [-0.4, -0.2) is 52.0 Å². The lowest BCUT2D eigenvalue weighted by molar-refractivity contribution is -0.142. The molecule has 1 heterocycles. The second-order valence-corrected chi connectivity index (χ2v) is 11.4. The number of carboxylic acids is 1. The van der Waals surface area contributed by atoms with Gasteiger partial charge < -0.3 is 10.2 Å². The maximum atomic E-state index is 13.2. The van der Waals surface area contributed by atoms with Gasteiger partial charge in [0.25, 0.3) is 0 Å². The fourth-order valence-electron chi connectivity index (χ4n) is 3.71. The summed E-state index contributed by atoms with van der Waals surface area (Å²) in [5, 5.41) is 19.6. The standard InChI is InChI=1S/C21H25NO5S2/c1-13-11-16(12-14(2)18(13)23)15-5-7-17(8-6-15)29(26,27)22-9-10-28-21(3,4)19(22)20(24)25/h5-8,11-12,19,23H,9-10H2,1-4H3,(H,24,25)/t19-/m0/s1. The van der Waals surface area contributed by atoms with Crippen LogP contribution in [0.2, 0.25) is 0 Å². The van der Waals surface area contributed by atoms with Crippen LogP contribution in [0.25, 0.3) is 11.1 Å². The number of rotatable bonds is 4. The SMILES string of the molecule is Cc1cc(-c2ccc(S(=O)(=O)N3CCSC(C)(C)[C@@H]3C(=O)O)cc2)cc(C)c1O. The molecule has 1 saturated heterocycles. The van der Waals surface area contributed by atoms with Crippen molar-refractivity contribution in [2.75, 3.05) is 12.3 Å². The van der Waals surface area contributed by atoms with Gasteiger partial charge in [-0.1, -0.05) is 12.1 Å². The summed E-state index contributed by atoms with van der Waals surface area (Å²) in [7, 11) is -3.95. The summed E-state index contributed by atoms with van der Waals surface area (Å²) >= 11 is 1.47. The summed E-state index contributed by atoms with van der Waals surface area (Å²) in [6.45, 7) is 7.30. The number of aromatic hydroxyl groups is 1. The first kappa shape index (κ1) is 21.7.